The topological polar surface area (TPSA) is 55.6 Å². The molecule has 1 aliphatic rings. The van der Waals surface area contributed by atoms with Crippen molar-refractivity contribution in [2.75, 3.05) is 10.6 Å². The van der Waals surface area contributed by atoms with Crippen LogP contribution in [0.15, 0.2) is 46.9 Å². The largest absolute Gasteiger partial charge is 0.479 e. The summed E-state index contributed by atoms with van der Waals surface area (Å²) in [5.74, 6) is 0.685. The van der Waals surface area contributed by atoms with E-state index in [4.69, 9.17) is 10.5 Å². The lowest BCUT2D eigenvalue weighted by atomic mass is 10.1. The van der Waals surface area contributed by atoms with E-state index in [1.807, 2.05) is 42.5 Å². The summed E-state index contributed by atoms with van der Waals surface area (Å²) in [5, 5.41) is 0. The van der Waals surface area contributed by atoms with Crippen molar-refractivity contribution >= 4 is 33.2 Å². The molecule has 1 atom stereocenters. The van der Waals surface area contributed by atoms with Crippen molar-refractivity contribution in [1.29, 1.82) is 0 Å². The lowest BCUT2D eigenvalue weighted by molar-refractivity contribution is -0.125. The van der Waals surface area contributed by atoms with Crippen LogP contribution in [-0.2, 0) is 11.3 Å². The Labute approximate surface area is 131 Å². The van der Waals surface area contributed by atoms with Crippen molar-refractivity contribution in [2.24, 2.45) is 0 Å². The van der Waals surface area contributed by atoms with Gasteiger partial charge in [0, 0.05) is 10.2 Å². The number of fused-ring (bicyclic) bond motifs is 1. The van der Waals surface area contributed by atoms with Crippen molar-refractivity contribution in [3.05, 3.63) is 52.5 Å². The average molecular weight is 347 g/mol. The normalized spacial score (nSPS) is 17.3. The smallest absolute Gasteiger partial charge is 0.268 e. The lowest BCUT2D eigenvalue weighted by Crippen LogP contribution is -2.43. The molecule has 2 aromatic rings. The molecule has 0 radical (unpaired) electrons. The number of amides is 1. The molecule has 0 fully saturated rings. The summed E-state index contributed by atoms with van der Waals surface area (Å²) in [6.45, 7) is 2.24. The van der Waals surface area contributed by atoms with E-state index >= 15 is 0 Å². The number of nitrogens with zero attached hydrogens (tertiary/aromatic N) is 1. The molecule has 0 spiro atoms. The molecule has 2 N–H and O–H groups in total. The maximum Gasteiger partial charge on any atom is 0.268 e. The number of nitrogen functional groups attached to an aromatic ring is 1. The van der Waals surface area contributed by atoms with Crippen molar-refractivity contribution in [3.8, 4) is 5.75 Å². The molecular formula is C16H15BrN2O2. The molecule has 108 valence electrons. The molecule has 0 bridgehead atoms. The third-order valence-corrected chi connectivity index (χ3v) is 4.20. The van der Waals surface area contributed by atoms with Gasteiger partial charge in [-0.1, -0.05) is 18.2 Å². The molecule has 21 heavy (non-hydrogen) atoms. The first-order chi connectivity index (χ1) is 10.1. The standard InChI is InChI=1S/C16H15BrN2O2/c1-10-16(20)19(14-4-2-3-5-15(14)21-10)9-11-6-7-12(17)13(18)8-11/h2-8,10H,9,18H2,1H3. The molecule has 0 aromatic heterocycles. The van der Waals surface area contributed by atoms with Gasteiger partial charge >= 0.3 is 0 Å². The van der Waals surface area contributed by atoms with Crippen LogP contribution >= 0.6 is 15.9 Å². The molecule has 5 heteroatoms. The molecule has 1 heterocycles. The highest BCUT2D eigenvalue weighted by Gasteiger charge is 2.31. The number of hydrogen-bond donors (Lipinski definition) is 1. The zero-order valence-electron chi connectivity index (χ0n) is 11.5. The first kappa shape index (κ1) is 13.9. The van der Waals surface area contributed by atoms with Crippen LogP contribution in [0.4, 0.5) is 11.4 Å². The van der Waals surface area contributed by atoms with Crippen LogP contribution in [0, 0.1) is 0 Å². The Morgan fingerprint density at radius 2 is 2.05 bits per heavy atom. The highest BCUT2D eigenvalue weighted by molar-refractivity contribution is 9.10. The summed E-state index contributed by atoms with van der Waals surface area (Å²) in [6, 6.07) is 13.3. The van der Waals surface area contributed by atoms with Gasteiger partial charge in [-0.3, -0.25) is 4.79 Å². The number of carbonyl (C=O) groups is 1. The number of nitrogens with two attached hydrogens (primary N) is 1. The Morgan fingerprint density at radius 1 is 1.29 bits per heavy atom. The van der Waals surface area contributed by atoms with Crippen LogP contribution in [0.25, 0.3) is 0 Å². The minimum atomic E-state index is -0.479. The van der Waals surface area contributed by atoms with E-state index in [1.54, 1.807) is 11.8 Å². The minimum absolute atomic E-state index is 0.0461. The number of halogens is 1. The van der Waals surface area contributed by atoms with Gasteiger partial charge in [0.15, 0.2) is 6.10 Å². The second kappa shape index (κ2) is 5.41. The Kier molecular flexibility index (Phi) is 3.59. The summed E-state index contributed by atoms with van der Waals surface area (Å²) in [6.07, 6.45) is -0.479. The van der Waals surface area contributed by atoms with Crippen LogP contribution < -0.4 is 15.4 Å². The predicted molar refractivity (Wildman–Crippen MR) is 86.3 cm³/mol. The van der Waals surface area contributed by atoms with Crippen molar-refractivity contribution in [1.82, 2.24) is 0 Å². The number of para-hydroxylation sites is 2. The fraction of sp³-hybridized carbons (Fsp3) is 0.188. The number of benzene rings is 2. The molecule has 0 saturated carbocycles. The molecule has 1 aliphatic heterocycles. The van der Waals surface area contributed by atoms with Gasteiger partial charge in [-0.2, -0.15) is 0 Å². The molecule has 2 aromatic carbocycles. The Hall–Kier alpha value is -2.01. The molecule has 3 rings (SSSR count). The first-order valence-corrected chi connectivity index (χ1v) is 7.46. The summed E-state index contributed by atoms with van der Waals surface area (Å²) in [7, 11) is 0. The number of ether oxygens (including phenoxy) is 1. The van der Waals surface area contributed by atoms with E-state index in [0.29, 0.717) is 12.2 Å². The summed E-state index contributed by atoms with van der Waals surface area (Å²) in [5.41, 5.74) is 8.34. The zero-order chi connectivity index (χ0) is 15.0. The zero-order valence-corrected chi connectivity index (χ0v) is 13.1. The van der Waals surface area contributed by atoms with Crippen molar-refractivity contribution < 1.29 is 9.53 Å². The summed E-state index contributed by atoms with van der Waals surface area (Å²) in [4.78, 5) is 14.1. The Balaban J connectivity index is 1.96. The number of rotatable bonds is 2. The number of carbonyl (C=O) groups excluding carboxylic acids is 1. The predicted octanol–water partition coefficient (Wildman–Crippen LogP) is 3.35. The first-order valence-electron chi connectivity index (χ1n) is 6.67. The Bertz CT molecular complexity index is 702. The molecular weight excluding hydrogens is 332 g/mol. The third-order valence-electron chi connectivity index (χ3n) is 3.47. The second-order valence-electron chi connectivity index (χ2n) is 5.01. The van der Waals surface area contributed by atoms with Crippen molar-refractivity contribution in [2.45, 2.75) is 19.6 Å². The fourth-order valence-corrected chi connectivity index (χ4v) is 2.64. The molecule has 0 saturated heterocycles. The SMILES string of the molecule is CC1Oc2ccccc2N(Cc2ccc(Br)c(N)c2)C1=O. The van der Waals surface area contributed by atoms with Gasteiger partial charge < -0.3 is 15.4 Å². The van der Waals surface area contributed by atoms with E-state index in [0.717, 1.165) is 21.5 Å². The van der Waals surface area contributed by atoms with Crippen LogP contribution in [0.5, 0.6) is 5.75 Å². The van der Waals surface area contributed by atoms with E-state index in [9.17, 15) is 4.79 Å². The van der Waals surface area contributed by atoms with Gasteiger partial charge in [0.05, 0.1) is 12.2 Å². The quantitative estimate of drug-likeness (QED) is 0.848. The second-order valence-corrected chi connectivity index (χ2v) is 5.86. The van der Waals surface area contributed by atoms with E-state index < -0.39 is 6.10 Å². The average Bonchev–Trinajstić information content (AvgIpc) is 2.47. The minimum Gasteiger partial charge on any atom is -0.479 e. The lowest BCUT2D eigenvalue weighted by Gasteiger charge is -2.33. The van der Waals surface area contributed by atoms with Gasteiger partial charge in [-0.25, -0.2) is 0 Å². The van der Waals surface area contributed by atoms with E-state index in [1.165, 1.54) is 0 Å². The highest BCUT2D eigenvalue weighted by atomic mass is 79.9. The summed E-state index contributed by atoms with van der Waals surface area (Å²) >= 11 is 3.38. The van der Waals surface area contributed by atoms with Crippen LogP contribution in [-0.4, -0.2) is 12.0 Å². The van der Waals surface area contributed by atoms with Gasteiger partial charge in [0.2, 0.25) is 0 Å². The van der Waals surface area contributed by atoms with Gasteiger partial charge in [-0.05, 0) is 52.7 Å². The molecule has 4 nitrogen and oxygen atoms in total. The monoisotopic (exact) mass is 346 g/mol. The third kappa shape index (κ3) is 2.61. The highest BCUT2D eigenvalue weighted by Crippen LogP contribution is 2.35. The molecule has 1 unspecified atom stereocenters. The van der Waals surface area contributed by atoms with Crippen LogP contribution in [0.1, 0.15) is 12.5 Å². The number of hydrogen-bond acceptors (Lipinski definition) is 3. The Morgan fingerprint density at radius 3 is 2.81 bits per heavy atom. The van der Waals surface area contributed by atoms with Crippen LogP contribution in [0.3, 0.4) is 0 Å². The van der Waals surface area contributed by atoms with Gasteiger partial charge in [0.25, 0.3) is 5.91 Å². The van der Waals surface area contributed by atoms with Gasteiger partial charge in [-0.15, -0.1) is 0 Å². The molecule has 0 aliphatic carbocycles. The molecule has 1 amide bonds. The van der Waals surface area contributed by atoms with Crippen molar-refractivity contribution in [3.63, 3.8) is 0 Å². The van der Waals surface area contributed by atoms with E-state index in [2.05, 4.69) is 15.9 Å². The maximum absolute atomic E-state index is 12.4. The maximum atomic E-state index is 12.4. The fourth-order valence-electron chi connectivity index (χ4n) is 2.40. The summed E-state index contributed by atoms with van der Waals surface area (Å²) < 4.78 is 6.49. The number of anilines is 2. The van der Waals surface area contributed by atoms with E-state index in [-0.39, 0.29) is 5.91 Å². The van der Waals surface area contributed by atoms with Gasteiger partial charge in [0.1, 0.15) is 5.75 Å². The van der Waals surface area contributed by atoms with Crippen LogP contribution in [0.2, 0.25) is 0 Å².